The van der Waals surface area contributed by atoms with Gasteiger partial charge in [0.1, 0.15) is 5.75 Å². The van der Waals surface area contributed by atoms with Gasteiger partial charge in [-0.1, -0.05) is 42.5 Å². The lowest BCUT2D eigenvalue weighted by molar-refractivity contribution is -0.126. The Balaban J connectivity index is 1.43. The maximum absolute atomic E-state index is 13.2. The first-order chi connectivity index (χ1) is 15.0. The third-order valence-corrected chi connectivity index (χ3v) is 7.60. The first-order valence-corrected chi connectivity index (χ1v) is 11.8. The summed E-state index contributed by atoms with van der Waals surface area (Å²) in [5.41, 5.74) is 0.964. The topological polar surface area (TPSA) is 75.7 Å². The molecule has 0 aliphatic carbocycles. The van der Waals surface area contributed by atoms with Crippen LogP contribution in [-0.4, -0.2) is 38.8 Å². The molecule has 1 aliphatic heterocycles. The van der Waals surface area contributed by atoms with Gasteiger partial charge in [-0.15, -0.1) is 0 Å². The van der Waals surface area contributed by atoms with E-state index in [2.05, 4.69) is 5.32 Å². The molecule has 0 saturated carbocycles. The highest BCUT2D eigenvalue weighted by Gasteiger charge is 2.33. The van der Waals surface area contributed by atoms with Gasteiger partial charge in [-0.2, -0.15) is 4.31 Å². The molecule has 1 saturated heterocycles. The fourth-order valence-corrected chi connectivity index (χ4v) is 5.49. The van der Waals surface area contributed by atoms with Crippen molar-refractivity contribution in [3.63, 3.8) is 0 Å². The van der Waals surface area contributed by atoms with E-state index in [0.717, 1.165) is 22.1 Å². The molecule has 1 heterocycles. The number of methoxy groups -OCH3 is 1. The number of fused-ring (bicyclic) bond motifs is 1. The van der Waals surface area contributed by atoms with Crippen LogP contribution in [0.5, 0.6) is 5.75 Å². The summed E-state index contributed by atoms with van der Waals surface area (Å²) in [4.78, 5) is 13.0. The smallest absolute Gasteiger partial charge is 0.243 e. The van der Waals surface area contributed by atoms with Crippen molar-refractivity contribution in [1.29, 1.82) is 0 Å². The zero-order valence-electron chi connectivity index (χ0n) is 17.5. The van der Waals surface area contributed by atoms with Crippen molar-refractivity contribution in [3.8, 4) is 5.75 Å². The molecule has 0 spiro atoms. The summed E-state index contributed by atoms with van der Waals surface area (Å²) < 4.78 is 33.0. The highest BCUT2D eigenvalue weighted by atomic mass is 32.2. The molecule has 1 aliphatic rings. The number of nitrogens with zero attached hydrogens (tertiary/aromatic N) is 1. The number of benzene rings is 3. The number of amides is 1. The molecule has 31 heavy (non-hydrogen) atoms. The van der Waals surface area contributed by atoms with Crippen molar-refractivity contribution >= 4 is 26.7 Å². The number of ether oxygens (including phenoxy) is 1. The summed E-state index contributed by atoms with van der Waals surface area (Å²) in [5, 5.41) is 4.82. The highest BCUT2D eigenvalue weighted by Crippen LogP contribution is 2.26. The van der Waals surface area contributed by atoms with Gasteiger partial charge in [0.2, 0.25) is 15.9 Å². The molecule has 4 rings (SSSR count). The maximum atomic E-state index is 13.2. The molecule has 1 N–H and O–H groups in total. The second kappa shape index (κ2) is 9.08. The molecule has 0 unspecified atom stereocenters. The van der Waals surface area contributed by atoms with Crippen molar-refractivity contribution in [2.45, 2.75) is 24.3 Å². The van der Waals surface area contributed by atoms with Gasteiger partial charge >= 0.3 is 0 Å². The van der Waals surface area contributed by atoms with Crippen molar-refractivity contribution < 1.29 is 17.9 Å². The van der Waals surface area contributed by atoms with Crippen LogP contribution in [0.4, 0.5) is 0 Å². The van der Waals surface area contributed by atoms with Crippen molar-refractivity contribution in [1.82, 2.24) is 9.62 Å². The number of hydrogen-bond acceptors (Lipinski definition) is 4. The molecular formula is C24H26N2O4S. The Hall–Kier alpha value is -2.90. The van der Waals surface area contributed by atoms with Crippen LogP contribution < -0.4 is 10.1 Å². The van der Waals surface area contributed by atoms with Gasteiger partial charge in [0.05, 0.1) is 17.9 Å². The fraction of sp³-hybridized carbons (Fsp3) is 0.292. The van der Waals surface area contributed by atoms with Crippen molar-refractivity contribution in [2.24, 2.45) is 5.92 Å². The Kier molecular flexibility index (Phi) is 6.25. The predicted octanol–water partition coefficient (Wildman–Crippen LogP) is 3.57. The minimum Gasteiger partial charge on any atom is -0.497 e. The molecular weight excluding hydrogens is 412 g/mol. The zero-order chi connectivity index (χ0) is 21.8. The molecule has 0 bridgehead atoms. The SMILES string of the molecule is COc1ccc(CNC(=O)[C@H]2CCCN(S(=O)(=O)c3ccc4ccccc4c3)C2)cc1. The third kappa shape index (κ3) is 4.73. The maximum Gasteiger partial charge on any atom is 0.243 e. The minimum absolute atomic E-state index is 0.116. The number of nitrogens with one attached hydrogen (secondary N) is 1. The summed E-state index contributed by atoms with van der Waals surface area (Å²) in [6, 6.07) is 20.3. The van der Waals surface area contributed by atoms with Crippen LogP contribution in [-0.2, 0) is 21.4 Å². The zero-order valence-corrected chi connectivity index (χ0v) is 18.3. The van der Waals surface area contributed by atoms with Crippen LogP contribution in [0.2, 0.25) is 0 Å². The van der Waals surface area contributed by atoms with Crippen molar-refractivity contribution in [3.05, 3.63) is 72.3 Å². The first-order valence-electron chi connectivity index (χ1n) is 10.4. The Labute approximate surface area is 182 Å². The van der Waals surface area contributed by atoms with Crippen LogP contribution in [0.1, 0.15) is 18.4 Å². The van der Waals surface area contributed by atoms with E-state index >= 15 is 0 Å². The van der Waals surface area contributed by atoms with Gasteiger partial charge in [0, 0.05) is 19.6 Å². The van der Waals surface area contributed by atoms with Gasteiger partial charge in [0.25, 0.3) is 0 Å². The van der Waals surface area contributed by atoms with Gasteiger partial charge < -0.3 is 10.1 Å². The Morgan fingerprint density at radius 1 is 1.06 bits per heavy atom. The number of carbonyl (C=O) groups excluding carboxylic acids is 1. The van der Waals surface area contributed by atoms with Crippen LogP contribution in [0.25, 0.3) is 10.8 Å². The average molecular weight is 439 g/mol. The monoisotopic (exact) mass is 438 g/mol. The minimum atomic E-state index is -3.66. The lowest BCUT2D eigenvalue weighted by Gasteiger charge is -2.31. The summed E-state index contributed by atoms with van der Waals surface area (Å²) in [7, 11) is -2.05. The largest absolute Gasteiger partial charge is 0.497 e. The lowest BCUT2D eigenvalue weighted by atomic mass is 9.99. The van der Waals surface area contributed by atoms with Gasteiger partial charge in [-0.05, 0) is 53.4 Å². The van der Waals surface area contributed by atoms with E-state index < -0.39 is 10.0 Å². The fourth-order valence-electron chi connectivity index (χ4n) is 3.93. The molecule has 1 atom stereocenters. The second-order valence-electron chi connectivity index (χ2n) is 7.78. The molecule has 6 nitrogen and oxygen atoms in total. The molecule has 1 amide bonds. The molecule has 3 aromatic carbocycles. The highest BCUT2D eigenvalue weighted by molar-refractivity contribution is 7.89. The van der Waals surface area contributed by atoms with E-state index in [1.165, 1.54) is 4.31 Å². The Morgan fingerprint density at radius 3 is 2.55 bits per heavy atom. The second-order valence-corrected chi connectivity index (χ2v) is 9.71. The van der Waals surface area contributed by atoms with Gasteiger partial charge in [-0.3, -0.25) is 4.79 Å². The quantitative estimate of drug-likeness (QED) is 0.639. The van der Waals surface area contributed by atoms with Gasteiger partial charge in [-0.25, -0.2) is 8.42 Å². The molecule has 162 valence electrons. The van der Waals surface area contributed by atoms with Crippen LogP contribution in [0.3, 0.4) is 0 Å². The summed E-state index contributed by atoms with van der Waals surface area (Å²) in [5.74, 6) is 0.286. The molecule has 0 radical (unpaired) electrons. The standard InChI is InChI=1S/C24H26N2O4S/c1-30-22-11-8-18(9-12-22)16-25-24(27)21-7-4-14-26(17-21)31(28,29)23-13-10-19-5-2-3-6-20(19)15-23/h2-3,5-6,8-13,15,21H,4,7,14,16-17H2,1H3,(H,25,27)/t21-/m0/s1. The number of piperidine rings is 1. The molecule has 0 aromatic heterocycles. The molecule has 7 heteroatoms. The summed E-state index contributed by atoms with van der Waals surface area (Å²) in [6.07, 6.45) is 1.34. The lowest BCUT2D eigenvalue weighted by Crippen LogP contribution is -2.45. The van der Waals surface area contributed by atoms with Crippen LogP contribution in [0, 0.1) is 5.92 Å². The average Bonchev–Trinajstić information content (AvgIpc) is 2.82. The predicted molar refractivity (Wildman–Crippen MR) is 120 cm³/mol. The molecule has 1 fully saturated rings. The number of hydrogen-bond donors (Lipinski definition) is 1. The Morgan fingerprint density at radius 2 is 1.81 bits per heavy atom. The van der Waals surface area contributed by atoms with Crippen molar-refractivity contribution in [2.75, 3.05) is 20.2 Å². The van der Waals surface area contributed by atoms with E-state index in [4.69, 9.17) is 4.74 Å². The van der Waals surface area contributed by atoms with E-state index in [1.54, 1.807) is 19.2 Å². The van der Waals surface area contributed by atoms with E-state index in [0.29, 0.717) is 25.9 Å². The van der Waals surface area contributed by atoms with E-state index in [-0.39, 0.29) is 23.3 Å². The summed E-state index contributed by atoms with van der Waals surface area (Å²) in [6.45, 7) is 1.03. The van der Waals surface area contributed by atoms with Crippen LogP contribution >= 0.6 is 0 Å². The number of sulfonamides is 1. The van der Waals surface area contributed by atoms with E-state index in [1.807, 2.05) is 54.6 Å². The third-order valence-electron chi connectivity index (χ3n) is 5.74. The van der Waals surface area contributed by atoms with Gasteiger partial charge in [0.15, 0.2) is 0 Å². The first kappa shape index (κ1) is 21.3. The molecule has 3 aromatic rings. The normalized spacial score (nSPS) is 17.4. The van der Waals surface area contributed by atoms with Crippen LogP contribution in [0.15, 0.2) is 71.6 Å². The Bertz CT molecular complexity index is 1180. The van der Waals surface area contributed by atoms with E-state index in [9.17, 15) is 13.2 Å². The number of rotatable bonds is 6. The number of carbonyl (C=O) groups is 1. The summed E-state index contributed by atoms with van der Waals surface area (Å²) >= 11 is 0.